The van der Waals surface area contributed by atoms with Crippen LogP contribution in [0.25, 0.3) is 0 Å². The molecule has 2 fully saturated rings. The van der Waals surface area contributed by atoms with Crippen molar-refractivity contribution in [3.63, 3.8) is 0 Å². The molecule has 0 bridgehead atoms. The largest absolute Gasteiger partial charge is 0.455 e. The smallest absolute Gasteiger partial charge is 0.387 e. The van der Waals surface area contributed by atoms with E-state index < -0.39 is 31.0 Å². The summed E-state index contributed by atoms with van der Waals surface area (Å²) >= 11 is 0. The molecule has 1 atom stereocenters. The topological polar surface area (TPSA) is 84.9 Å². The van der Waals surface area contributed by atoms with Crippen molar-refractivity contribution in [1.29, 1.82) is 0 Å². The minimum atomic E-state index is -2.92. The molecule has 1 saturated carbocycles. The number of halogens is 2. The van der Waals surface area contributed by atoms with E-state index in [2.05, 4.69) is 10.1 Å². The zero-order chi connectivity index (χ0) is 20.1. The summed E-state index contributed by atoms with van der Waals surface area (Å²) in [5, 5.41) is 2.49. The number of rotatable bonds is 7. The number of amides is 2. The van der Waals surface area contributed by atoms with Gasteiger partial charge in [-0.1, -0.05) is 12.8 Å². The highest BCUT2D eigenvalue weighted by Crippen LogP contribution is 2.29. The number of hydrogen-bond donors (Lipinski definition) is 1. The maximum atomic E-state index is 12.2. The lowest BCUT2D eigenvalue weighted by Crippen LogP contribution is -2.35. The van der Waals surface area contributed by atoms with E-state index in [1.165, 1.54) is 24.3 Å². The van der Waals surface area contributed by atoms with Crippen LogP contribution in [0.5, 0.6) is 5.75 Å². The number of anilines is 1. The molecule has 3 rings (SSSR count). The normalized spacial score (nSPS) is 19.9. The summed E-state index contributed by atoms with van der Waals surface area (Å²) in [6.45, 7) is -3.07. The van der Waals surface area contributed by atoms with Crippen LogP contribution in [-0.4, -0.2) is 48.5 Å². The van der Waals surface area contributed by atoms with Gasteiger partial charge in [-0.3, -0.25) is 14.4 Å². The number of alkyl halides is 2. The molecule has 9 heteroatoms. The van der Waals surface area contributed by atoms with Crippen molar-refractivity contribution in [2.24, 2.45) is 5.92 Å². The van der Waals surface area contributed by atoms with Gasteiger partial charge in [-0.05, 0) is 37.1 Å². The molecule has 0 unspecified atom stereocenters. The second kappa shape index (κ2) is 8.99. The molecular weight excluding hydrogens is 374 g/mol. The molecule has 0 aromatic heterocycles. The average molecular weight is 396 g/mol. The Balaban J connectivity index is 1.43. The Bertz CT molecular complexity index is 720. The first-order valence-electron chi connectivity index (χ1n) is 9.23. The van der Waals surface area contributed by atoms with Crippen molar-refractivity contribution >= 4 is 23.5 Å². The summed E-state index contributed by atoms with van der Waals surface area (Å²) in [6.07, 6.45) is 4.24. The van der Waals surface area contributed by atoms with Crippen molar-refractivity contribution in [1.82, 2.24) is 4.90 Å². The predicted octanol–water partition coefficient (Wildman–Crippen LogP) is 2.56. The lowest BCUT2D eigenvalue weighted by Gasteiger charge is -2.23. The zero-order valence-electron chi connectivity index (χ0n) is 15.2. The van der Waals surface area contributed by atoms with Gasteiger partial charge in [-0.2, -0.15) is 8.78 Å². The molecule has 1 heterocycles. The molecular formula is C19H22F2N2O5. The highest BCUT2D eigenvalue weighted by molar-refractivity contribution is 5.93. The summed E-state index contributed by atoms with van der Waals surface area (Å²) in [6, 6.07) is 5.58. The van der Waals surface area contributed by atoms with E-state index >= 15 is 0 Å². The Morgan fingerprint density at radius 2 is 1.86 bits per heavy atom. The first kappa shape index (κ1) is 20.0. The minimum Gasteiger partial charge on any atom is -0.455 e. The zero-order valence-corrected chi connectivity index (χ0v) is 15.2. The van der Waals surface area contributed by atoms with Crippen LogP contribution in [0, 0.1) is 5.92 Å². The van der Waals surface area contributed by atoms with Gasteiger partial charge in [0.1, 0.15) is 5.75 Å². The molecule has 1 saturated heterocycles. The van der Waals surface area contributed by atoms with Crippen LogP contribution in [0.2, 0.25) is 0 Å². The average Bonchev–Trinajstić information content (AvgIpc) is 3.30. The minimum absolute atomic E-state index is 0.0304. The van der Waals surface area contributed by atoms with Crippen molar-refractivity contribution in [3.05, 3.63) is 24.3 Å². The molecule has 1 aliphatic heterocycles. The molecule has 2 amide bonds. The number of benzene rings is 1. The Kier molecular flexibility index (Phi) is 6.43. The number of esters is 1. The molecule has 7 nitrogen and oxygen atoms in total. The highest BCUT2D eigenvalue weighted by atomic mass is 19.3. The maximum Gasteiger partial charge on any atom is 0.387 e. The Hall–Kier alpha value is -2.71. The van der Waals surface area contributed by atoms with Gasteiger partial charge in [0.25, 0.3) is 5.91 Å². The van der Waals surface area contributed by atoms with Crippen LogP contribution in [0.4, 0.5) is 14.5 Å². The fourth-order valence-electron chi connectivity index (χ4n) is 3.63. The van der Waals surface area contributed by atoms with Crippen LogP contribution in [0.3, 0.4) is 0 Å². The van der Waals surface area contributed by atoms with E-state index in [-0.39, 0.29) is 24.1 Å². The standard InChI is InChI=1S/C19H22F2N2O5/c20-19(21)28-15-7-5-13(6-8-15)22-16(24)11-27-18(26)12-9-17(25)23(10-12)14-3-1-2-4-14/h5-8,12,14,19H,1-4,9-11H2,(H,22,24)/t12-/m1/s1. The summed E-state index contributed by atoms with van der Waals surface area (Å²) < 4.78 is 33.5. The van der Waals surface area contributed by atoms with Crippen molar-refractivity contribution in [2.75, 3.05) is 18.5 Å². The Morgan fingerprint density at radius 3 is 2.50 bits per heavy atom. The third-order valence-corrected chi connectivity index (χ3v) is 4.97. The molecule has 0 spiro atoms. The Labute approximate surface area is 161 Å². The van der Waals surface area contributed by atoms with Crippen molar-refractivity contribution < 1.29 is 32.6 Å². The summed E-state index contributed by atoms with van der Waals surface area (Å²) in [5.74, 6) is -1.74. The molecule has 0 radical (unpaired) electrons. The fraction of sp³-hybridized carbons (Fsp3) is 0.526. The van der Waals surface area contributed by atoms with Gasteiger partial charge in [0.15, 0.2) is 6.61 Å². The van der Waals surface area contributed by atoms with E-state index in [1.807, 2.05) is 0 Å². The first-order valence-corrected chi connectivity index (χ1v) is 9.23. The van der Waals surface area contributed by atoms with Crippen LogP contribution >= 0.6 is 0 Å². The van der Waals surface area contributed by atoms with E-state index in [9.17, 15) is 23.2 Å². The molecule has 1 aliphatic carbocycles. The summed E-state index contributed by atoms with van der Waals surface area (Å²) in [7, 11) is 0. The first-order chi connectivity index (χ1) is 13.4. The fourth-order valence-corrected chi connectivity index (χ4v) is 3.63. The van der Waals surface area contributed by atoms with Crippen LogP contribution in [0.1, 0.15) is 32.1 Å². The number of ether oxygens (including phenoxy) is 2. The van der Waals surface area contributed by atoms with Gasteiger partial charge >= 0.3 is 12.6 Å². The molecule has 2 aliphatic rings. The SMILES string of the molecule is O=C(COC(=O)[C@@H]1CC(=O)N(C2CCCC2)C1)Nc1ccc(OC(F)F)cc1. The second-order valence-corrected chi connectivity index (χ2v) is 6.94. The van der Waals surface area contributed by atoms with Crippen LogP contribution in [0.15, 0.2) is 24.3 Å². The lowest BCUT2D eigenvalue weighted by molar-refractivity contribution is -0.151. The van der Waals surface area contributed by atoms with E-state index in [4.69, 9.17) is 4.74 Å². The predicted molar refractivity (Wildman–Crippen MR) is 94.7 cm³/mol. The summed E-state index contributed by atoms with van der Waals surface area (Å²) in [4.78, 5) is 38.0. The van der Waals surface area contributed by atoms with Crippen LogP contribution < -0.4 is 10.1 Å². The Morgan fingerprint density at radius 1 is 1.18 bits per heavy atom. The number of hydrogen-bond acceptors (Lipinski definition) is 5. The molecule has 28 heavy (non-hydrogen) atoms. The van der Waals surface area contributed by atoms with E-state index in [1.54, 1.807) is 4.90 Å². The van der Waals surface area contributed by atoms with Gasteiger partial charge in [-0.15, -0.1) is 0 Å². The molecule has 1 aromatic rings. The number of carbonyl (C=O) groups excluding carboxylic acids is 3. The number of carbonyl (C=O) groups is 3. The van der Waals surface area contributed by atoms with E-state index in [0.29, 0.717) is 12.2 Å². The third kappa shape index (κ3) is 5.17. The molecule has 1 aromatic carbocycles. The third-order valence-electron chi connectivity index (χ3n) is 4.97. The van der Waals surface area contributed by atoms with Gasteiger partial charge in [-0.25, -0.2) is 0 Å². The monoisotopic (exact) mass is 396 g/mol. The van der Waals surface area contributed by atoms with Gasteiger partial charge in [0.2, 0.25) is 5.91 Å². The number of nitrogens with one attached hydrogen (secondary N) is 1. The number of likely N-dealkylation sites (tertiary alicyclic amines) is 1. The lowest BCUT2D eigenvalue weighted by atomic mass is 10.1. The van der Waals surface area contributed by atoms with Gasteiger partial charge < -0.3 is 19.7 Å². The second-order valence-electron chi connectivity index (χ2n) is 6.94. The van der Waals surface area contributed by atoms with Crippen LogP contribution in [-0.2, 0) is 19.1 Å². The molecule has 152 valence electrons. The maximum absolute atomic E-state index is 12.2. The van der Waals surface area contributed by atoms with Gasteiger partial charge in [0.05, 0.1) is 5.92 Å². The number of nitrogens with zero attached hydrogens (tertiary/aromatic N) is 1. The van der Waals surface area contributed by atoms with Crippen molar-refractivity contribution in [2.45, 2.75) is 44.8 Å². The highest BCUT2D eigenvalue weighted by Gasteiger charge is 2.39. The van der Waals surface area contributed by atoms with Gasteiger partial charge in [0, 0.05) is 24.7 Å². The quantitative estimate of drug-likeness (QED) is 0.716. The summed E-state index contributed by atoms with van der Waals surface area (Å²) in [5.41, 5.74) is 0.353. The molecule has 1 N–H and O–H groups in total. The van der Waals surface area contributed by atoms with Crippen molar-refractivity contribution in [3.8, 4) is 5.75 Å². The van der Waals surface area contributed by atoms with E-state index in [0.717, 1.165) is 25.7 Å².